The number of carbonyl (C=O) groups excluding carboxylic acids is 1. The fourth-order valence-electron chi connectivity index (χ4n) is 1.72. The summed E-state index contributed by atoms with van der Waals surface area (Å²) in [5.74, 6) is 0.179. The standard InChI is InChI=1S/C12H22N2O/c1-3-14(2)12(15)10-13-9-8-11-6-4-5-7-11/h6,13H,3-5,7-10H2,1-2H3. The van der Waals surface area contributed by atoms with E-state index in [9.17, 15) is 4.79 Å². The maximum Gasteiger partial charge on any atom is 0.236 e. The largest absolute Gasteiger partial charge is 0.345 e. The molecule has 1 rings (SSSR count). The fraction of sp³-hybridized carbons (Fsp3) is 0.750. The van der Waals surface area contributed by atoms with Crippen LogP contribution in [0.5, 0.6) is 0 Å². The average Bonchev–Trinajstić information content (AvgIpc) is 2.75. The van der Waals surface area contributed by atoms with Gasteiger partial charge in [-0.15, -0.1) is 0 Å². The number of allylic oxidation sites excluding steroid dienone is 1. The van der Waals surface area contributed by atoms with Crippen molar-refractivity contribution in [3.8, 4) is 0 Å². The summed E-state index contributed by atoms with van der Waals surface area (Å²) in [6.07, 6.45) is 7.24. The summed E-state index contributed by atoms with van der Waals surface area (Å²) < 4.78 is 0. The van der Waals surface area contributed by atoms with Gasteiger partial charge in [0, 0.05) is 13.6 Å². The van der Waals surface area contributed by atoms with E-state index in [0.29, 0.717) is 6.54 Å². The predicted molar refractivity (Wildman–Crippen MR) is 62.7 cm³/mol. The van der Waals surface area contributed by atoms with Crippen LogP contribution >= 0.6 is 0 Å². The molecule has 1 aliphatic carbocycles. The van der Waals surface area contributed by atoms with Gasteiger partial charge in [0.2, 0.25) is 5.91 Å². The molecule has 3 nitrogen and oxygen atoms in total. The number of amides is 1. The molecule has 3 heteroatoms. The number of nitrogens with zero attached hydrogens (tertiary/aromatic N) is 1. The Hall–Kier alpha value is -0.830. The van der Waals surface area contributed by atoms with Crippen LogP contribution in [-0.2, 0) is 4.79 Å². The first kappa shape index (κ1) is 12.2. The molecule has 15 heavy (non-hydrogen) atoms. The highest BCUT2D eigenvalue weighted by Crippen LogP contribution is 2.19. The lowest BCUT2D eigenvalue weighted by Gasteiger charge is -2.14. The summed E-state index contributed by atoms with van der Waals surface area (Å²) in [5.41, 5.74) is 1.55. The fourth-order valence-corrected chi connectivity index (χ4v) is 1.72. The second kappa shape index (κ2) is 6.62. The Morgan fingerprint density at radius 3 is 3.00 bits per heavy atom. The van der Waals surface area contributed by atoms with Crippen molar-refractivity contribution in [2.75, 3.05) is 26.7 Å². The van der Waals surface area contributed by atoms with Crippen molar-refractivity contribution < 1.29 is 4.79 Å². The van der Waals surface area contributed by atoms with Gasteiger partial charge in [-0.25, -0.2) is 0 Å². The third-order valence-corrected chi connectivity index (χ3v) is 2.93. The van der Waals surface area contributed by atoms with Crippen molar-refractivity contribution in [1.82, 2.24) is 10.2 Å². The number of hydrogen-bond acceptors (Lipinski definition) is 2. The molecule has 86 valence electrons. The van der Waals surface area contributed by atoms with Gasteiger partial charge >= 0.3 is 0 Å². The SMILES string of the molecule is CCN(C)C(=O)CNCCC1=CCCC1. The zero-order valence-electron chi connectivity index (χ0n) is 9.88. The molecule has 0 unspecified atom stereocenters. The predicted octanol–water partition coefficient (Wildman–Crippen LogP) is 1.55. The van der Waals surface area contributed by atoms with E-state index in [1.807, 2.05) is 14.0 Å². The molecule has 0 aliphatic heterocycles. The van der Waals surface area contributed by atoms with E-state index in [4.69, 9.17) is 0 Å². The van der Waals surface area contributed by atoms with Crippen molar-refractivity contribution in [2.45, 2.75) is 32.6 Å². The van der Waals surface area contributed by atoms with Crippen molar-refractivity contribution in [2.24, 2.45) is 0 Å². The third-order valence-electron chi connectivity index (χ3n) is 2.93. The lowest BCUT2D eigenvalue weighted by atomic mass is 10.2. The summed E-state index contributed by atoms with van der Waals surface area (Å²) in [6, 6.07) is 0. The van der Waals surface area contributed by atoms with Gasteiger partial charge in [-0.3, -0.25) is 4.79 Å². The molecule has 0 heterocycles. The molecule has 0 spiro atoms. The molecule has 0 atom stereocenters. The molecule has 0 radical (unpaired) electrons. The molecule has 0 aromatic carbocycles. The van der Waals surface area contributed by atoms with E-state index in [1.165, 1.54) is 19.3 Å². The summed E-state index contributed by atoms with van der Waals surface area (Å²) in [6.45, 7) is 4.17. The Kier molecular flexibility index (Phi) is 5.40. The second-order valence-corrected chi connectivity index (χ2v) is 4.09. The molecule has 0 saturated heterocycles. The van der Waals surface area contributed by atoms with Crippen LogP contribution in [0.15, 0.2) is 11.6 Å². The molecular weight excluding hydrogens is 188 g/mol. The number of rotatable bonds is 6. The highest BCUT2D eigenvalue weighted by molar-refractivity contribution is 5.77. The van der Waals surface area contributed by atoms with Crippen LogP contribution < -0.4 is 5.32 Å². The Morgan fingerprint density at radius 1 is 1.60 bits per heavy atom. The quantitative estimate of drug-likeness (QED) is 0.533. The van der Waals surface area contributed by atoms with E-state index in [2.05, 4.69) is 11.4 Å². The lowest BCUT2D eigenvalue weighted by molar-refractivity contribution is -0.128. The van der Waals surface area contributed by atoms with Gasteiger partial charge in [0.25, 0.3) is 0 Å². The van der Waals surface area contributed by atoms with E-state index in [0.717, 1.165) is 19.5 Å². The normalized spacial score (nSPS) is 15.2. The topological polar surface area (TPSA) is 32.3 Å². The van der Waals surface area contributed by atoms with Crippen LogP contribution in [0, 0.1) is 0 Å². The minimum Gasteiger partial charge on any atom is -0.345 e. The van der Waals surface area contributed by atoms with Crippen LogP contribution in [0.2, 0.25) is 0 Å². The number of likely N-dealkylation sites (N-methyl/N-ethyl adjacent to an activating group) is 1. The van der Waals surface area contributed by atoms with Gasteiger partial charge < -0.3 is 10.2 Å². The van der Waals surface area contributed by atoms with Crippen LogP contribution in [0.25, 0.3) is 0 Å². The summed E-state index contributed by atoms with van der Waals surface area (Å²) in [5, 5.41) is 3.20. The van der Waals surface area contributed by atoms with Crippen LogP contribution in [-0.4, -0.2) is 37.5 Å². The van der Waals surface area contributed by atoms with Crippen molar-refractivity contribution >= 4 is 5.91 Å². The van der Waals surface area contributed by atoms with E-state index < -0.39 is 0 Å². The minimum absolute atomic E-state index is 0.179. The number of carbonyl (C=O) groups is 1. The van der Waals surface area contributed by atoms with Crippen molar-refractivity contribution in [1.29, 1.82) is 0 Å². The Balaban J connectivity index is 2.03. The zero-order valence-corrected chi connectivity index (χ0v) is 9.88. The van der Waals surface area contributed by atoms with Crippen LogP contribution in [0.4, 0.5) is 0 Å². The lowest BCUT2D eigenvalue weighted by Crippen LogP contribution is -2.35. The molecule has 1 aliphatic rings. The molecule has 0 bridgehead atoms. The Bertz CT molecular complexity index is 236. The highest BCUT2D eigenvalue weighted by atomic mass is 16.2. The Labute approximate surface area is 92.5 Å². The number of hydrogen-bond donors (Lipinski definition) is 1. The molecule has 0 fully saturated rings. The molecule has 0 saturated carbocycles. The van der Waals surface area contributed by atoms with E-state index in [-0.39, 0.29) is 5.91 Å². The second-order valence-electron chi connectivity index (χ2n) is 4.09. The molecular formula is C12H22N2O. The smallest absolute Gasteiger partial charge is 0.236 e. The third kappa shape index (κ3) is 4.47. The van der Waals surface area contributed by atoms with Crippen molar-refractivity contribution in [3.05, 3.63) is 11.6 Å². The molecule has 1 N–H and O–H groups in total. The first-order valence-corrected chi connectivity index (χ1v) is 5.86. The molecule has 1 amide bonds. The first-order valence-electron chi connectivity index (χ1n) is 5.86. The molecule has 0 aromatic heterocycles. The minimum atomic E-state index is 0.179. The van der Waals surface area contributed by atoms with Gasteiger partial charge in [0.1, 0.15) is 0 Å². The van der Waals surface area contributed by atoms with Crippen LogP contribution in [0.3, 0.4) is 0 Å². The monoisotopic (exact) mass is 210 g/mol. The van der Waals surface area contributed by atoms with Crippen LogP contribution in [0.1, 0.15) is 32.6 Å². The molecule has 0 aromatic rings. The van der Waals surface area contributed by atoms with Gasteiger partial charge in [0.05, 0.1) is 6.54 Å². The summed E-state index contributed by atoms with van der Waals surface area (Å²) >= 11 is 0. The highest BCUT2D eigenvalue weighted by Gasteiger charge is 2.06. The zero-order chi connectivity index (χ0) is 11.1. The van der Waals surface area contributed by atoms with Gasteiger partial charge in [-0.2, -0.15) is 0 Å². The maximum absolute atomic E-state index is 11.4. The van der Waals surface area contributed by atoms with Gasteiger partial charge in [-0.05, 0) is 39.2 Å². The summed E-state index contributed by atoms with van der Waals surface area (Å²) in [4.78, 5) is 13.2. The number of nitrogens with one attached hydrogen (secondary N) is 1. The first-order chi connectivity index (χ1) is 7.24. The van der Waals surface area contributed by atoms with E-state index >= 15 is 0 Å². The van der Waals surface area contributed by atoms with Crippen molar-refractivity contribution in [3.63, 3.8) is 0 Å². The average molecular weight is 210 g/mol. The Morgan fingerprint density at radius 2 is 2.40 bits per heavy atom. The summed E-state index contributed by atoms with van der Waals surface area (Å²) in [7, 11) is 1.84. The maximum atomic E-state index is 11.4. The van der Waals surface area contributed by atoms with Gasteiger partial charge in [-0.1, -0.05) is 11.6 Å². The van der Waals surface area contributed by atoms with Gasteiger partial charge in [0.15, 0.2) is 0 Å². The van der Waals surface area contributed by atoms with E-state index in [1.54, 1.807) is 10.5 Å².